The number of nitrogens with zero attached hydrogens (tertiary/aromatic N) is 2. The van der Waals surface area contributed by atoms with Crippen LogP contribution in [0.3, 0.4) is 0 Å². The zero-order chi connectivity index (χ0) is 17.6. The smallest absolute Gasteiger partial charge is 0.257 e. The van der Waals surface area contributed by atoms with Gasteiger partial charge in [0.15, 0.2) is 0 Å². The fourth-order valence-corrected chi connectivity index (χ4v) is 4.95. The fraction of sp³-hybridized carbons (Fsp3) is 0.579. The summed E-state index contributed by atoms with van der Waals surface area (Å²) in [5.74, 6) is 1.57. The molecular weight excluding hydrogens is 340 g/mol. The van der Waals surface area contributed by atoms with E-state index in [9.17, 15) is 9.59 Å². The normalized spacial score (nSPS) is 28.6. The Morgan fingerprint density at radius 1 is 1.28 bits per heavy atom. The third-order valence-corrected chi connectivity index (χ3v) is 6.10. The number of methoxy groups -OCH3 is 1. The molecule has 0 spiro atoms. The molecule has 1 aromatic carbocycles. The molecule has 4 rings (SSSR count). The third-order valence-electron chi connectivity index (χ3n) is 5.86. The highest BCUT2D eigenvalue weighted by Crippen LogP contribution is 2.38. The van der Waals surface area contributed by atoms with Gasteiger partial charge in [0.05, 0.1) is 12.7 Å². The van der Waals surface area contributed by atoms with Gasteiger partial charge in [-0.3, -0.25) is 9.59 Å². The lowest BCUT2D eigenvalue weighted by Gasteiger charge is -2.52. The average Bonchev–Trinajstić information content (AvgIpc) is 2.62. The van der Waals surface area contributed by atoms with E-state index in [4.69, 9.17) is 16.3 Å². The summed E-state index contributed by atoms with van der Waals surface area (Å²) in [4.78, 5) is 29.3. The first kappa shape index (κ1) is 16.7. The van der Waals surface area contributed by atoms with Crippen molar-refractivity contribution in [2.75, 3.05) is 26.7 Å². The Morgan fingerprint density at radius 2 is 2.12 bits per heavy atom. The number of benzene rings is 1. The van der Waals surface area contributed by atoms with Gasteiger partial charge in [-0.15, -0.1) is 0 Å². The van der Waals surface area contributed by atoms with E-state index < -0.39 is 0 Å². The molecular formula is C19H23ClN2O3. The molecule has 3 aliphatic rings. The minimum Gasteiger partial charge on any atom is -0.496 e. The van der Waals surface area contributed by atoms with Crippen LogP contribution in [-0.4, -0.2) is 54.4 Å². The topological polar surface area (TPSA) is 49.9 Å². The van der Waals surface area contributed by atoms with Gasteiger partial charge in [-0.25, -0.2) is 0 Å². The van der Waals surface area contributed by atoms with Gasteiger partial charge in [0.2, 0.25) is 5.91 Å². The van der Waals surface area contributed by atoms with E-state index in [-0.39, 0.29) is 5.91 Å². The van der Waals surface area contributed by atoms with Crippen LogP contribution in [-0.2, 0) is 4.79 Å². The molecule has 0 aromatic heterocycles. The van der Waals surface area contributed by atoms with Crippen LogP contribution in [0, 0.1) is 11.8 Å². The number of rotatable bonds is 2. The largest absolute Gasteiger partial charge is 0.496 e. The quantitative estimate of drug-likeness (QED) is 0.812. The number of ether oxygens (including phenoxy) is 1. The number of likely N-dealkylation sites (tertiary alicyclic amines) is 1. The first-order valence-corrected chi connectivity index (χ1v) is 9.37. The SMILES string of the molecule is COc1cc(Cl)ccc1C(=O)N1C[C@H]2C[C@@H](C1)[C@H]1CCCC(=O)N1C2. The molecule has 0 aliphatic carbocycles. The lowest BCUT2D eigenvalue weighted by molar-refractivity contribution is -0.144. The number of hydrogen-bond donors (Lipinski definition) is 0. The Balaban J connectivity index is 1.55. The Bertz CT molecular complexity index is 708. The van der Waals surface area contributed by atoms with E-state index in [0.717, 1.165) is 32.4 Å². The van der Waals surface area contributed by atoms with Crippen LogP contribution in [0.5, 0.6) is 5.75 Å². The molecule has 25 heavy (non-hydrogen) atoms. The van der Waals surface area contributed by atoms with Gasteiger partial charge in [0, 0.05) is 37.1 Å². The molecule has 2 bridgehead atoms. The van der Waals surface area contributed by atoms with Gasteiger partial charge in [0.1, 0.15) is 5.75 Å². The number of fused-ring (bicyclic) bond motifs is 4. The second kappa shape index (κ2) is 6.52. The summed E-state index contributed by atoms with van der Waals surface area (Å²) >= 11 is 6.01. The van der Waals surface area contributed by atoms with Crippen molar-refractivity contribution in [3.05, 3.63) is 28.8 Å². The highest BCUT2D eigenvalue weighted by atomic mass is 35.5. The number of halogens is 1. The van der Waals surface area contributed by atoms with Crippen LogP contribution in [0.25, 0.3) is 0 Å². The summed E-state index contributed by atoms with van der Waals surface area (Å²) in [7, 11) is 1.55. The second-order valence-electron chi connectivity index (χ2n) is 7.42. The molecule has 3 saturated heterocycles. The molecule has 2 amide bonds. The van der Waals surface area contributed by atoms with Gasteiger partial charge in [0.25, 0.3) is 5.91 Å². The van der Waals surface area contributed by atoms with Crippen LogP contribution in [0.4, 0.5) is 0 Å². The van der Waals surface area contributed by atoms with Crippen LogP contribution in [0.2, 0.25) is 5.02 Å². The van der Waals surface area contributed by atoms with Crippen LogP contribution in [0.15, 0.2) is 18.2 Å². The predicted octanol–water partition coefficient (Wildman–Crippen LogP) is 2.82. The maximum absolute atomic E-state index is 13.1. The lowest BCUT2D eigenvalue weighted by Crippen LogP contribution is -2.61. The number of carbonyl (C=O) groups is 2. The van der Waals surface area contributed by atoms with Crippen molar-refractivity contribution < 1.29 is 14.3 Å². The molecule has 5 nitrogen and oxygen atoms in total. The Labute approximate surface area is 152 Å². The zero-order valence-electron chi connectivity index (χ0n) is 14.4. The van der Waals surface area contributed by atoms with E-state index >= 15 is 0 Å². The van der Waals surface area contributed by atoms with Crippen LogP contribution in [0.1, 0.15) is 36.0 Å². The van der Waals surface area contributed by atoms with E-state index in [0.29, 0.717) is 53.1 Å². The van der Waals surface area contributed by atoms with Gasteiger partial charge in [-0.2, -0.15) is 0 Å². The third kappa shape index (κ3) is 2.99. The van der Waals surface area contributed by atoms with E-state index in [1.807, 2.05) is 4.90 Å². The predicted molar refractivity (Wildman–Crippen MR) is 94.9 cm³/mol. The van der Waals surface area contributed by atoms with Gasteiger partial charge in [-0.1, -0.05) is 11.6 Å². The van der Waals surface area contributed by atoms with Crippen LogP contribution >= 0.6 is 11.6 Å². The maximum atomic E-state index is 13.1. The van der Waals surface area contributed by atoms with Crippen molar-refractivity contribution in [2.24, 2.45) is 11.8 Å². The molecule has 3 atom stereocenters. The van der Waals surface area contributed by atoms with Crippen molar-refractivity contribution in [1.29, 1.82) is 0 Å². The minimum absolute atomic E-state index is 0.00111. The highest BCUT2D eigenvalue weighted by Gasteiger charge is 2.45. The number of amides is 2. The summed E-state index contributed by atoms with van der Waals surface area (Å²) in [5.41, 5.74) is 0.559. The Morgan fingerprint density at radius 3 is 2.92 bits per heavy atom. The molecule has 3 heterocycles. The van der Waals surface area contributed by atoms with E-state index in [1.54, 1.807) is 25.3 Å². The standard InChI is InChI=1S/C19H23ClN2O3/c1-25-17-8-14(20)5-6-15(17)19(24)21-9-12-7-13(11-21)16-3-2-4-18(23)22(16)10-12/h5-6,8,12-13,16H,2-4,7,9-11H2,1H3/t12-,13+,16-/m1/s1. The monoisotopic (exact) mass is 362 g/mol. The number of carbonyl (C=O) groups excluding carboxylic acids is 2. The highest BCUT2D eigenvalue weighted by molar-refractivity contribution is 6.30. The zero-order valence-corrected chi connectivity index (χ0v) is 15.2. The minimum atomic E-state index is -0.00111. The number of piperidine rings is 3. The number of hydrogen-bond acceptors (Lipinski definition) is 3. The second-order valence-corrected chi connectivity index (χ2v) is 7.86. The fourth-order valence-electron chi connectivity index (χ4n) is 4.79. The molecule has 0 saturated carbocycles. The van der Waals surface area contributed by atoms with Gasteiger partial charge < -0.3 is 14.5 Å². The van der Waals surface area contributed by atoms with E-state index in [2.05, 4.69) is 4.90 Å². The summed E-state index contributed by atoms with van der Waals surface area (Å²) < 4.78 is 5.35. The average molecular weight is 363 g/mol. The van der Waals surface area contributed by atoms with E-state index in [1.165, 1.54) is 0 Å². The van der Waals surface area contributed by atoms with Crippen molar-refractivity contribution in [3.8, 4) is 5.75 Å². The molecule has 6 heteroatoms. The molecule has 1 aromatic rings. The molecule has 0 radical (unpaired) electrons. The van der Waals surface area contributed by atoms with Gasteiger partial charge in [-0.05, 0) is 49.3 Å². The molecule has 0 unspecified atom stereocenters. The summed E-state index contributed by atoms with van der Waals surface area (Å²) in [6.45, 7) is 2.22. The Kier molecular flexibility index (Phi) is 4.36. The van der Waals surface area contributed by atoms with Crippen molar-refractivity contribution in [2.45, 2.75) is 31.7 Å². The first-order chi connectivity index (χ1) is 12.1. The Hall–Kier alpha value is -1.75. The first-order valence-electron chi connectivity index (χ1n) is 8.99. The van der Waals surface area contributed by atoms with Gasteiger partial charge >= 0.3 is 0 Å². The molecule has 134 valence electrons. The lowest BCUT2D eigenvalue weighted by atomic mass is 9.76. The molecule has 3 fully saturated rings. The summed E-state index contributed by atoms with van der Waals surface area (Å²) in [6, 6.07) is 5.45. The summed E-state index contributed by atoms with van der Waals surface area (Å²) in [6.07, 6.45) is 3.84. The van der Waals surface area contributed by atoms with Crippen molar-refractivity contribution in [3.63, 3.8) is 0 Å². The molecule has 3 aliphatic heterocycles. The van der Waals surface area contributed by atoms with Crippen molar-refractivity contribution in [1.82, 2.24) is 9.80 Å². The summed E-state index contributed by atoms with van der Waals surface area (Å²) in [5, 5.41) is 0.556. The van der Waals surface area contributed by atoms with Crippen LogP contribution < -0.4 is 4.74 Å². The van der Waals surface area contributed by atoms with Crippen molar-refractivity contribution >= 4 is 23.4 Å². The maximum Gasteiger partial charge on any atom is 0.257 e. The molecule has 0 N–H and O–H groups in total.